The van der Waals surface area contributed by atoms with Crippen LogP contribution >= 0.6 is 7.82 Å². The molecule has 0 aromatic carbocycles. The molecule has 2 atom stereocenters. The van der Waals surface area contributed by atoms with Gasteiger partial charge in [0.1, 0.15) is 6.61 Å². The van der Waals surface area contributed by atoms with E-state index in [1.165, 1.54) is 38.5 Å². The molecule has 3 N–H and O–H groups in total. The molecule has 402 valence electrons. The Morgan fingerprint density at radius 3 is 1.08 bits per heavy atom. The third kappa shape index (κ3) is 55.3. The van der Waals surface area contributed by atoms with Crippen LogP contribution in [0.25, 0.3) is 0 Å². The number of phosphoric acid groups is 1. The number of allylic oxidation sites excluding steroid dienone is 22. The van der Waals surface area contributed by atoms with Gasteiger partial charge in [0.05, 0.1) is 13.2 Å². The fraction of sp³-hybridized carbons (Fsp3) is 0.607. The van der Waals surface area contributed by atoms with Crippen LogP contribution in [0.1, 0.15) is 206 Å². The molecule has 0 aliphatic rings. The van der Waals surface area contributed by atoms with Gasteiger partial charge in [-0.2, -0.15) is 0 Å². The highest BCUT2D eigenvalue weighted by atomic mass is 31.2. The van der Waals surface area contributed by atoms with E-state index in [-0.39, 0.29) is 32.6 Å². The Morgan fingerprint density at radius 2 is 0.732 bits per heavy atom. The first-order valence-electron chi connectivity index (χ1n) is 27.7. The summed E-state index contributed by atoms with van der Waals surface area (Å²) >= 11 is 0. The van der Waals surface area contributed by atoms with Crippen molar-refractivity contribution in [2.45, 2.75) is 213 Å². The zero-order valence-corrected chi connectivity index (χ0v) is 45.5. The zero-order chi connectivity index (χ0) is 51.7. The molecule has 0 saturated carbocycles. The molecule has 0 aromatic rings. The Hall–Kier alpha value is -3.85. The predicted octanol–water partition coefficient (Wildman–Crippen LogP) is 17.4. The largest absolute Gasteiger partial charge is 0.472 e. The molecule has 0 fully saturated rings. The number of nitrogens with two attached hydrogens (primary N) is 1. The molecule has 0 aliphatic carbocycles. The molecule has 0 heterocycles. The summed E-state index contributed by atoms with van der Waals surface area (Å²) in [7, 11) is -4.40. The standard InChI is InChI=1S/C61H100NO8P/c1-3-5-7-9-11-13-15-17-19-21-23-25-26-27-28-29-30-31-32-34-36-38-40-42-44-46-48-50-52-54-61(64)70-59(58-69-71(65,66)68-56-55-62)57-67-60(63)53-51-49-47-45-43-41-39-37-35-33-24-22-20-18-16-14-12-10-8-6-4-2/h5-8,11-14,17-20,23-25,27-28,30-31,33-34,36,59H,3-4,9-10,15-16,21-22,26,29,32,35,37-58,62H2,1-2H3,(H,65,66)/b7-5-,8-6-,13-11-,14-12-,19-17-,20-18-,25-23-,28-27-,31-30-,33-24-,36-34-. The Balaban J connectivity index is 4.10. The van der Waals surface area contributed by atoms with Crippen LogP contribution in [0.2, 0.25) is 0 Å². The van der Waals surface area contributed by atoms with Crippen molar-refractivity contribution >= 4 is 19.8 Å². The lowest BCUT2D eigenvalue weighted by Gasteiger charge is -2.19. The second-order valence-electron chi connectivity index (χ2n) is 17.7. The number of esters is 2. The SMILES string of the molecule is CC/C=C\C/C=C\C/C=C\C/C=C\C/C=C\C/C=C\C/C=C\CCCCCCCCCC(=O)OC(COC(=O)CCCCCCCCCC/C=C\C/C=C\C/C=C\C/C=C\CC)COP(=O)(O)OCCN. The summed E-state index contributed by atoms with van der Waals surface area (Å²) in [5.41, 5.74) is 5.38. The monoisotopic (exact) mass is 1010 g/mol. The van der Waals surface area contributed by atoms with Gasteiger partial charge in [0, 0.05) is 19.4 Å². The van der Waals surface area contributed by atoms with Crippen LogP contribution in [-0.4, -0.2) is 49.3 Å². The molecule has 0 rings (SSSR count). The minimum atomic E-state index is -4.40. The van der Waals surface area contributed by atoms with Crippen molar-refractivity contribution in [3.05, 3.63) is 134 Å². The van der Waals surface area contributed by atoms with Crippen molar-refractivity contribution in [1.82, 2.24) is 0 Å². The van der Waals surface area contributed by atoms with Crippen molar-refractivity contribution in [1.29, 1.82) is 0 Å². The molecule has 0 saturated heterocycles. The van der Waals surface area contributed by atoms with Gasteiger partial charge in [-0.3, -0.25) is 18.6 Å². The summed E-state index contributed by atoms with van der Waals surface area (Å²) in [6, 6.07) is 0. The third-order valence-electron chi connectivity index (χ3n) is 11.0. The quantitative estimate of drug-likeness (QED) is 0.0264. The lowest BCUT2D eigenvalue weighted by atomic mass is 10.1. The van der Waals surface area contributed by atoms with Crippen LogP contribution in [0, 0.1) is 0 Å². The molecule has 71 heavy (non-hydrogen) atoms. The molecule has 0 aliphatic heterocycles. The second kappa shape index (κ2) is 55.5. The van der Waals surface area contributed by atoms with Gasteiger partial charge in [-0.1, -0.05) is 218 Å². The maximum Gasteiger partial charge on any atom is 0.472 e. The Morgan fingerprint density at radius 1 is 0.423 bits per heavy atom. The van der Waals surface area contributed by atoms with E-state index in [9.17, 15) is 19.0 Å². The van der Waals surface area contributed by atoms with Crippen LogP contribution in [0.4, 0.5) is 0 Å². The van der Waals surface area contributed by atoms with E-state index in [0.29, 0.717) is 12.8 Å². The first kappa shape index (κ1) is 67.1. The molecule has 0 spiro atoms. The zero-order valence-electron chi connectivity index (χ0n) is 44.7. The Labute approximate surface area is 434 Å². The summed E-state index contributed by atoms with van der Waals surface area (Å²) in [5, 5.41) is 0. The highest BCUT2D eigenvalue weighted by molar-refractivity contribution is 7.47. The predicted molar refractivity (Wildman–Crippen MR) is 302 cm³/mol. The van der Waals surface area contributed by atoms with Crippen molar-refractivity contribution in [2.75, 3.05) is 26.4 Å². The highest BCUT2D eigenvalue weighted by Crippen LogP contribution is 2.43. The van der Waals surface area contributed by atoms with E-state index in [2.05, 4.69) is 148 Å². The summed E-state index contributed by atoms with van der Waals surface area (Å²) < 4.78 is 33.0. The van der Waals surface area contributed by atoms with Crippen LogP contribution in [-0.2, 0) is 32.7 Å². The second-order valence-corrected chi connectivity index (χ2v) is 19.1. The van der Waals surface area contributed by atoms with Crippen molar-refractivity contribution in [2.24, 2.45) is 5.73 Å². The molecule has 9 nitrogen and oxygen atoms in total. The summed E-state index contributed by atoms with van der Waals surface area (Å²) in [5.74, 6) is -0.860. The van der Waals surface area contributed by atoms with E-state index >= 15 is 0 Å². The van der Waals surface area contributed by atoms with Gasteiger partial charge in [-0.05, 0) is 109 Å². The maximum absolute atomic E-state index is 12.7. The van der Waals surface area contributed by atoms with Gasteiger partial charge in [0.15, 0.2) is 6.10 Å². The van der Waals surface area contributed by atoms with Crippen molar-refractivity contribution in [3.63, 3.8) is 0 Å². The summed E-state index contributed by atoms with van der Waals surface area (Å²) in [6.45, 7) is 3.48. The number of ether oxygens (including phenoxy) is 2. The lowest BCUT2D eigenvalue weighted by molar-refractivity contribution is -0.161. The lowest BCUT2D eigenvalue weighted by Crippen LogP contribution is -2.29. The molecule has 0 bridgehead atoms. The van der Waals surface area contributed by atoms with Crippen LogP contribution in [0.3, 0.4) is 0 Å². The minimum Gasteiger partial charge on any atom is -0.462 e. The van der Waals surface area contributed by atoms with Gasteiger partial charge in [0.2, 0.25) is 0 Å². The fourth-order valence-corrected chi connectivity index (χ4v) is 7.78. The molecule has 0 aromatic heterocycles. The topological polar surface area (TPSA) is 134 Å². The number of hydrogen-bond acceptors (Lipinski definition) is 8. The van der Waals surface area contributed by atoms with E-state index in [1.54, 1.807) is 0 Å². The van der Waals surface area contributed by atoms with Crippen LogP contribution < -0.4 is 5.73 Å². The minimum absolute atomic E-state index is 0.0425. The smallest absolute Gasteiger partial charge is 0.462 e. The molecular weight excluding hydrogens is 906 g/mol. The van der Waals surface area contributed by atoms with Gasteiger partial charge in [0.25, 0.3) is 0 Å². The van der Waals surface area contributed by atoms with Crippen molar-refractivity contribution in [3.8, 4) is 0 Å². The van der Waals surface area contributed by atoms with E-state index in [0.717, 1.165) is 128 Å². The van der Waals surface area contributed by atoms with Crippen LogP contribution in [0.5, 0.6) is 0 Å². The molecular formula is C61H100NO8P. The summed E-state index contributed by atoms with van der Waals surface area (Å²) in [4.78, 5) is 35.2. The molecule has 10 heteroatoms. The number of carbonyl (C=O) groups excluding carboxylic acids is 2. The Kier molecular flexibility index (Phi) is 52.5. The number of rotatable bonds is 50. The number of hydrogen-bond donors (Lipinski definition) is 2. The van der Waals surface area contributed by atoms with E-state index in [4.69, 9.17) is 24.3 Å². The van der Waals surface area contributed by atoms with Crippen molar-refractivity contribution < 1.29 is 37.6 Å². The average Bonchev–Trinajstić information content (AvgIpc) is 3.36. The highest BCUT2D eigenvalue weighted by Gasteiger charge is 2.26. The average molecular weight is 1010 g/mol. The normalized spacial score (nSPS) is 14.1. The molecule has 0 amide bonds. The molecule has 0 radical (unpaired) electrons. The van der Waals surface area contributed by atoms with E-state index in [1.807, 2.05) is 0 Å². The number of carbonyl (C=O) groups is 2. The third-order valence-corrected chi connectivity index (χ3v) is 12.0. The maximum atomic E-state index is 12.7. The number of phosphoric ester groups is 1. The first-order chi connectivity index (χ1) is 34.8. The van der Waals surface area contributed by atoms with Gasteiger partial charge in [-0.15, -0.1) is 0 Å². The number of unbranched alkanes of at least 4 members (excludes halogenated alkanes) is 15. The van der Waals surface area contributed by atoms with Gasteiger partial charge < -0.3 is 20.1 Å². The first-order valence-corrected chi connectivity index (χ1v) is 29.2. The summed E-state index contributed by atoms with van der Waals surface area (Å²) in [6.07, 6.45) is 77.7. The fourth-order valence-electron chi connectivity index (χ4n) is 7.02. The van der Waals surface area contributed by atoms with Crippen LogP contribution in [0.15, 0.2) is 134 Å². The molecule has 2 unspecified atom stereocenters. The van der Waals surface area contributed by atoms with Gasteiger partial charge >= 0.3 is 19.8 Å². The van der Waals surface area contributed by atoms with E-state index < -0.39 is 32.5 Å². The van der Waals surface area contributed by atoms with Gasteiger partial charge in [-0.25, -0.2) is 4.57 Å². The Bertz CT molecular complexity index is 1620.